The van der Waals surface area contributed by atoms with Crippen molar-refractivity contribution in [2.24, 2.45) is 0 Å². The molecule has 1 aromatic carbocycles. The maximum absolute atomic E-state index is 11.3. The normalized spacial score (nSPS) is 26.7. The quantitative estimate of drug-likeness (QED) is 0.925. The van der Waals surface area contributed by atoms with Crippen LogP contribution in [0.1, 0.15) is 48.9 Å². The van der Waals surface area contributed by atoms with E-state index >= 15 is 0 Å². The Morgan fingerprint density at radius 2 is 1.81 bits per heavy atom. The highest BCUT2D eigenvalue weighted by Crippen LogP contribution is 2.30. The number of carboxylic acids is 1. The van der Waals surface area contributed by atoms with E-state index in [-0.39, 0.29) is 11.7 Å². The lowest BCUT2D eigenvalue weighted by Gasteiger charge is -2.38. The number of ether oxygens (including phenoxy) is 1. The fraction of sp³-hybridized carbons (Fsp3) is 0.588. The van der Waals surface area contributed by atoms with Gasteiger partial charge in [-0.3, -0.25) is 4.90 Å². The molecule has 1 heterocycles. The van der Waals surface area contributed by atoms with Gasteiger partial charge in [-0.05, 0) is 57.3 Å². The van der Waals surface area contributed by atoms with Gasteiger partial charge in [0.05, 0.1) is 0 Å². The number of para-hydroxylation sites is 1. The standard InChI is InChI=1S/C17H23NO3/c19-17(20)13-7-1-3-9-15(13)21-16-10-4-2-8-14(16)18-11-5-6-12-18/h1,3,7,9,14,16H,2,4-6,8,10-12H2,(H,19,20)/t14-,16-/m1/s1. The molecule has 1 aliphatic carbocycles. The molecule has 0 spiro atoms. The van der Waals surface area contributed by atoms with Crippen LogP contribution >= 0.6 is 0 Å². The number of nitrogens with zero attached hydrogens (tertiary/aromatic N) is 1. The third-order valence-electron chi connectivity index (χ3n) is 4.67. The predicted molar refractivity (Wildman–Crippen MR) is 80.9 cm³/mol. The van der Waals surface area contributed by atoms with Crippen molar-refractivity contribution in [3.05, 3.63) is 29.8 Å². The minimum Gasteiger partial charge on any atom is -0.488 e. The van der Waals surface area contributed by atoms with Crippen molar-refractivity contribution in [2.45, 2.75) is 50.7 Å². The molecule has 2 aliphatic rings. The van der Waals surface area contributed by atoms with Gasteiger partial charge < -0.3 is 9.84 Å². The summed E-state index contributed by atoms with van der Waals surface area (Å²) in [7, 11) is 0. The van der Waals surface area contributed by atoms with E-state index in [0.717, 1.165) is 19.5 Å². The summed E-state index contributed by atoms with van der Waals surface area (Å²) in [6.45, 7) is 2.32. The van der Waals surface area contributed by atoms with Crippen LogP contribution in [0.2, 0.25) is 0 Å². The van der Waals surface area contributed by atoms with Crippen LogP contribution in [-0.2, 0) is 0 Å². The smallest absolute Gasteiger partial charge is 0.339 e. The van der Waals surface area contributed by atoms with Crippen LogP contribution in [0, 0.1) is 0 Å². The molecule has 2 fully saturated rings. The Hall–Kier alpha value is -1.55. The Bertz CT molecular complexity index is 497. The van der Waals surface area contributed by atoms with Gasteiger partial charge in [0.15, 0.2) is 0 Å². The minimum absolute atomic E-state index is 0.123. The molecule has 1 aliphatic heterocycles. The van der Waals surface area contributed by atoms with Gasteiger partial charge in [-0.2, -0.15) is 0 Å². The molecule has 2 atom stereocenters. The van der Waals surface area contributed by atoms with Crippen LogP contribution in [-0.4, -0.2) is 41.2 Å². The van der Waals surface area contributed by atoms with Crippen molar-refractivity contribution in [3.63, 3.8) is 0 Å². The van der Waals surface area contributed by atoms with Gasteiger partial charge in [0.1, 0.15) is 17.4 Å². The molecule has 114 valence electrons. The van der Waals surface area contributed by atoms with Gasteiger partial charge in [0, 0.05) is 6.04 Å². The predicted octanol–water partition coefficient (Wildman–Crippen LogP) is 3.17. The van der Waals surface area contributed by atoms with Crippen molar-refractivity contribution in [3.8, 4) is 5.75 Å². The summed E-state index contributed by atoms with van der Waals surface area (Å²) in [4.78, 5) is 13.8. The molecule has 0 amide bonds. The molecule has 1 saturated carbocycles. The van der Waals surface area contributed by atoms with Gasteiger partial charge in [-0.15, -0.1) is 0 Å². The van der Waals surface area contributed by atoms with Gasteiger partial charge in [0.2, 0.25) is 0 Å². The SMILES string of the molecule is O=C(O)c1ccccc1O[C@@H]1CCCC[C@H]1N1CCCC1. The number of hydrogen-bond donors (Lipinski definition) is 1. The lowest BCUT2D eigenvalue weighted by molar-refractivity contribution is 0.0461. The second-order valence-corrected chi connectivity index (χ2v) is 6.05. The Labute approximate surface area is 125 Å². The van der Waals surface area contributed by atoms with Crippen LogP contribution in [0.3, 0.4) is 0 Å². The third kappa shape index (κ3) is 3.21. The molecule has 1 saturated heterocycles. The topological polar surface area (TPSA) is 49.8 Å². The molecule has 4 heteroatoms. The van der Waals surface area contributed by atoms with Crippen LogP contribution in [0.25, 0.3) is 0 Å². The van der Waals surface area contributed by atoms with E-state index in [4.69, 9.17) is 4.74 Å². The summed E-state index contributed by atoms with van der Waals surface area (Å²) in [6, 6.07) is 7.43. The molecule has 21 heavy (non-hydrogen) atoms. The molecule has 4 nitrogen and oxygen atoms in total. The average Bonchev–Trinajstić information content (AvgIpc) is 3.02. The number of likely N-dealkylation sites (tertiary alicyclic amines) is 1. The van der Waals surface area contributed by atoms with E-state index in [1.165, 1.54) is 32.1 Å². The zero-order valence-corrected chi connectivity index (χ0v) is 12.3. The Morgan fingerprint density at radius 1 is 1.10 bits per heavy atom. The first-order chi connectivity index (χ1) is 10.3. The highest BCUT2D eigenvalue weighted by molar-refractivity contribution is 5.90. The van der Waals surface area contributed by atoms with Crippen LogP contribution in [0.4, 0.5) is 0 Å². The fourth-order valence-corrected chi connectivity index (χ4v) is 3.61. The first-order valence-corrected chi connectivity index (χ1v) is 7.99. The van der Waals surface area contributed by atoms with Crippen molar-refractivity contribution >= 4 is 5.97 Å². The van der Waals surface area contributed by atoms with Gasteiger partial charge in [0.25, 0.3) is 0 Å². The van der Waals surface area contributed by atoms with Gasteiger partial charge in [-0.25, -0.2) is 4.79 Å². The molecule has 0 bridgehead atoms. The Kier molecular flexibility index (Phi) is 4.44. The zero-order chi connectivity index (χ0) is 14.7. The fourth-order valence-electron chi connectivity index (χ4n) is 3.61. The summed E-state index contributed by atoms with van der Waals surface area (Å²) in [5.41, 5.74) is 0.267. The number of rotatable bonds is 4. The molecular formula is C17H23NO3. The molecule has 0 unspecified atom stereocenters. The average molecular weight is 289 g/mol. The van der Waals surface area contributed by atoms with E-state index in [9.17, 15) is 9.90 Å². The van der Waals surface area contributed by atoms with Crippen LogP contribution < -0.4 is 4.74 Å². The summed E-state index contributed by atoms with van der Waals surface area (Å²) >= 11 is 0. The highest BCUT2D eigenvalue weighted by atomic mass is 16.5. The maximum atomic E-state index is 11.3. The summed E-state index contributed by atoms with van der Waals surface area (Å²) in [6.07, 6.45) is 7.28. The largest absolute Gasteiger partial charge is 0.488 e. The van der Waals surface area contributed by atoms with Gasteiger partial charge >= 0.3 is 5.97 Å². The molecule has 0 radical (unpaired) electrons. The highest BCUT2D eigenvalue weighted by Gasteiger charge is 2.33. The van der Waals surface area contributed by atoms with E-state index in [2.05, 4.69) is 4.90 Å². The van der Waals surface area contributed by atoms with E-state index in [1.807, 2.05) is 6.07 Å². The van der Waals surface area contributed by atoms with Crippen molar-refractivity contribution < 1.29 is 14.6 Å². The number of hydrogen-bond acceptors (Lipinski definition) is 3. The minimum atomic E-state index is -0.917. The third-order valence-corrected chi connectivity index (χ3v) is 4.67. The molecule has 0 aromatic heterocycles. The molecule has 1 N–H and O–H groups in total. The summed E-state index contributed by atoms with van der Waals surface area (Å²) in [5, 5.41) is 9.28. The number of benzene rings is 1. The summed E-state index contributed by atoms with van der Waals surface area (Å²) in [5.74, 6) is -0.403. The van der Waals surface area contributed by atoms with E-state index in [1.54, 1.807) is 18.2 Å². The Balaban J connectivity index is 1.76. The number of carbonyl (C=O) groups is 1. The van der Waals surface area contributed by atoms with Crippen LogP contribution in [0.5, 0.6) is 5.75 Å². The number of aromatic carboxylic acids is 1. The number of carboxylic acid groups (broad SMARTS) is 1. The molecule has 1 aromatic rings. The Morgan fingerprint density at radius 3 is 2.57 bits per heavy atom. The maximum Gasteiger partial charge on any atom is 0.339 e. The van der Waals surface area contributed by atoms with Crippen molar-refractivity contribution in [1.82, 2.24) is 4.90 Å². The zero-order valence-electron chi connectivity index (χ0n) is 12.3. The van der Waals surface area contributed by atoms with E-state index in [0.29, 0.717) is 11.8 Å². The second kappa shape index (κ2) is 6.48. The van der Waals surface area contributed by atoms with E-state index < -0.39 is 5.97 Å². The monoisotopic (exact) mass is 289 g/mol. The first kappa shape index (κ1) is 14.4. The van der Waals surface area contributed by atoms with Crippen molar-refractivity contribution in [1.29, 1.82) is 0 Å². The lowest BCUT2D eigenvalue weighted by atomic mass is 9.91. The second-order valence-electron chi connectivity index (χ2n) is 6.05. The van der Waals surface area contributed by atoms with Crippen LogP contribution in [0.15, 0.2) is 24.3 Å². The van der Waals surface area contributed by atoms with Gasteiger partial charge in [-0.1, -0.05) is 18.6 Å². The molecule has 3 rings (SSSR count). The molecular weight excluding hydrogens is 266 g/mol. The van der Waals surface area contributed by atoms with Crippen molar-refractivity contribution in [2.75, 3.05) is 13.1 Å². The summed E-state index contributed by atoms with van der Waals surface area (Å²) < 4.78 is 6.15. The first-order valence-electron chi connectivity index (χ1n) is 7.99. The lowest BCUT2D eigenvalue weighted by Crippen LogP contribution is -2.46.